The molecule has 1 N–H and O–H groups in total. The van der Waals surface area contributed by atoms with Crippen molar-refractivity contribution >= 4 is 34.9 Å². The lowest BCUT2D eigenvalue weighted by Gasteiger charge is -2.09. The quantitative estimate of drug-likeness (QED) is 0.258. The zero-order valence-corrected chi connectivity index (χ0v) is 18.4. The van der Waals surface area contributed by atoms with Crippen LogP contribution in [0.4, 0.5) is 0 Å². The van der Waals surface area contributed by atoms with E-state index in [-0.39, 0.29) is 11.7 Å². The van der Waals surface area contributed by atoms with Crippen LogP contribution < -0.4 is 5.43 Å². The minimum absolute atomic E-state index is 0.164. The lowest BCUT2D eigenvalue weighted by atomic mass is 10.1. The van der Waals surface area contributed by atoms with Gasteiger partial charge in [0, 0.05) is 0 Å². The van der Waals surface area contributed by atoms with Gasteiger partial charge in [0.2, 0.25) is 0 Å². The number of thioether (sulfide) groups is 1. The van der Waals surface area contributed by atoms with Crippen molar-refractivity contribution in [2.24, 2.45) is 5.10 Å². The molecule has 1 aromatic heterocycles. The first-order valence-electron chi connectivity index (χ1n) is 10.1. The SMILES string of the molecule is Cc1ccc(Cn2c(SCC(=O)NN=Cc3cccc(C)c3)nc3ccccc32)cc1. The van der Waals surface area contributed by atoms with E-state index in [4.69, 9.17) is 4.98 Å². The molecular weight excluding hydrogens is 404 g/mol. The van der Waals surface area contributed by atoms with E-state index in [9.17, 15) is 4.79 Å². The molecule has 6 heteroatoms. The van der Waals surface area contributed by atoms with E-state index in [2.05, 4.69) is 52.3 Å². The van der Waals surface area contributed by atoms with Crippen molar-refractivity contribution in [3.8, 4) is 0 Å². The minimum Gasteiger partial charge on any atom is -0.314 e. The van der Waals surface area contributed by atoms with Crippen LogP contribution >= 0.6 is 11.8 Å². The molecule has 0 saturated heterocycles. The molecule has 0 aliphatic rings. The average molecular weight is 429 g/mol. The van der Waals surface area contributed by atoms with Gasteiger partial charge in [0.05, 0.1) is 29.5 Å². The lowest BCUT2D eigenvalue weighted by Crippen LogP contribution is -2.20. The first kappa shape index (κ1) is 20.9. The maximum absolute atomic E-state index is 12.3. The number of imidazole rings is 1. The van der Waals surface area contributed by atoms with Gasteiger partial charge in [0.1, 0.15) is 0 Å². The van der Waals surface area contributed by atoms with Crippen LogP contribution in [0.15, 0.2) is 83.1 Å². The van der Waals surface area contributed by atoms with E-state index < -0.39 is 0 Å². The number of carbonyl (C=O) groups is 1. The molecule has 5 nitrogen and oxygen atoms in total. The van der Waals surface area contributed by atoms with Gasteiger partial charge in [-0.1, -0.05) is 83.6 Å². The number of nitrogens with zero attached hydrogens (tertiary/aromatic N) is 3. The van der Waals surface area contributed by atoms with Crippen LogP contribution in [0.1, 0.15) is 22.3 Å². The molecular formula is C25H24N4OS. The van der Waals surface area contributed by atoms with Crippen molar-refractivity contribution in [2.45, 2.75) is 25.5 Å². The minimum atomic E-state index is -0.164. The Labute approximate surface area is 186 Å². The van der Waals surface area contributed by atoms with Crippen molar-refractivity contribution in [3.05, 3.63) is 95.1 Å². The van der Waals surface area contributed by atoms with Crippen LogP contribution in [0.2, 0.25) is 0 Å². The fourth-order valence-corrected chi connectivity index (χ4v) is 4.09. The largest absolute Gasteiger partial charge is 0.314 e. The van der Waals surface area contributed by atoms with Gasteiger partial charge in [-0.2, -0.15) is 5.10 Å². The van der Waals surface area contributed by atoms with E-state index >= 15 is 0 Å². The fourth-order valence-electron chi connectivity index (χ4n) is 3.28. The number of aryl methyl sites for hydroxylation is 2. The molecule has 0 fully saturated rings. The number of aromatic nitrogens is 2. The number of para-hydroxylation sites is 2. The van der Waals surface area contributed by atoms with Gasteiger partial charge < -0.3 is 4.57 Å². The summed E-state index contributed by atoms with van der Waals surface area (Å²) in [7, 11) is 0. The number of amides is 1. The molecule has 0 unspecified atom stereocenters. The number of hydrogen-bond acceptors (Lipinski definition) is 4. The third-order valence-corrected chi connectivity index (χ3v) is 5.83. The van der Waals surface area contributed by atoms with Crippen LogP contribution in [-0.4, -0.2) is 27.4 Å². The second-order valence-corrected chi connectivity index (χ2v) is 8.39. The van der Waals surface area contributed by atoms with Gasteiger partial charge in [0.25, 0.3) is 5.91 Å². The number of hydrogen-bond donors (Lipinski definition) is 1. The monoisotopic (exact) mass is 428 g/mol. The zero-order valence-electron chi connectivity index (χ0n) is 17.6. The number of rotatable bonds is 7. The second-order valence-electron chi connectivity index (χ2n) is 7.45. The Hall–Kier alpha value is -3.38. The average Bonchev–Trinajstić information content (AvgIpc) is 3.11. The third kappa shape index (κ3) is 5.41. The number of fused-ring (bicyclic) bond motifs is 1. The highest BCUT2D eigenvalue weighted by molar-refractivity contribution is 7.99. The van der Waals surface area contributed by atoms with Crippen LogP contribution in [0, 0.1) is 13.8 Å². The normalized spacial score (nSPS) is 11.3. The van der Waals surface area contributed by atoms with Gasteiger partial charge in [-0.15, -0.1) is 0 Å². The van der Waals surface area contributed by atoms with E-state index in [0.717, 1.165) is 27.3 Å². The maximum Gasteiger partial charge on any atom is 0.250 e. The Morgan fingerprint density at radius 1 is 1.03 bits per heavy atom. The summed E-state index contributed by atoms with van der Waals surface area (Å²) in [5, 5.41) is 4.89. The highest BCUT2D eigenvalue weighted by atomic mass is 32.2. The van der Waals surface area contributed by atoms with Crippen LogP contribution in [0.25, 0.3) is 11.0 Å². The van der Waals surface area contributed by atoms with E-state index in [1.807, 2.05) is 49.4 Å². The predicted octanol–water partition coefficient (Wildman–Crippen LogP) is 4.94. The molecule has 0 aliphatic heterocycles. The standard InChI is InChI=1S/C25H24N4OS/c1-18-10-12-20(13-11-18)16-29-23-9-4-3-8-22(23)27-25(29)31-17-24(30)28-26-15-21-7-5-6-19(2)14-21/h3-15H,16-17H2,1-2H3,(H,28,30). The Balaban J connectivity index is 1.45. The zero-order chi connectivity index (χ0) is 21.6. The van der Waals surface area contributed by atoms with E-state index in [1.54, 1.807) is 6.21 Å². The molecule has 1 heterocycles. The van der Waals surface area contributed by atoms with Crippen LogP contribution in [0.5, 0.6) is 0 Å². The predicted molar refractivity (Wildman–Crippen MR) is 128 cm³/mol. The molecule has 0 radical (unpaired) electrons. The summed E-state index contributed by atoms with van der Waals surface area (Å²) in [6, 6.07) is 24.5. The second kappa shape index (κ2) is 9.62. The van der Waals surface area contributed by atoms with Crippen molar-refractivity contribution in [3.63, 3.8) is 0 Å². The Morgan fingerprint density at radius 3 is 2.65 bits per heavy atom. The van der Waals surface area contributed by atoms with Gasteiger partial charge in [-0.05, 0) is 37.1 Å². The first-order chi connectivity index (χ1) is 15.1. The van der Waals surface area contributed by atoms with E-state index in [1.165, 1.54) is 22.9 Å². The van der Waals surface area contributed by atoms with E-state index in [0.29, 0.717) is 6.54 Å². The topological polar surface area (TPSA) is 59.3 Å². The molecule has 0 bridgehead atoms. The summed E-state index contributed by atoms with van der Waals surface area (Å²) in [4.78, 5) is 17.1. The first-order valence-corrected chi connectivity index (χ1v) is 11.1. The highest BCUT2D eigenvalue weighted by Crippen LogP contribution is 2.25. The summed E-state index contributed by atoms with van der Waals surface area (Å²) in [5.74, 6) is 0.0744. The van der Waals surface area contributed by atoms with Gasteiger partial charge in [-0.3, -0.25) is 4.79 Å². The number of carbonyl (C=O) groups excluding carboxylic acids is 1. The van der Waals surface area contributed by atoms with Crippen LogP contribution in [-0.2, 0) is 11.3 Å². The highest BCUT2D eigenvalue weighted by Gasteiger charge is 2.13. The maximum atomic E-state index is 12.3. The molecule has 4 aromatic rings. The Morgan fingerprint density at radius 2 is 1.84 bits per heavy atom. The van der Waals surface area contributed by atoms with Crippen molar-refractivity contribution in [1.29, 1.82) is 0 Å². The molecule has 0 aliphatic carbocycles. The smallest absolute Gasteiger partial charge is 0.250 e. The molecule has 4 rings (SSSR count). The molecule has 0 atom stereocenters. The molecule has 1 amide bonds. The van der Waals surface area contributed by atoms with Gasteiger partial charge in [-0.25, -0.2) is 10.4 Å². The van der Waals surface area contributed by atoms with Crippen molar-refractivity contribution < 1.29 is 4.79 Å². The summed E-state index contributed by atoms with van der Waals surface area (Å²) < 4.78 is 2.16. The summed E-state index contributed by atoms with van der Waals surface area (Å²) in [5.41, 5.74) is 9.12. The fraction of sp³-hybridized carbons (Fsp3) is 0.160. The molecule has 0 saturated carbocycles. The summed E-state index contributed by atoms with van der Waals surface area (Å²) in [6.45, 7) is 4.81. The third-order valence-electron chi connectivity index (χ3n) is 4.86. The molecule has 3 aromatic carbocycles. The summed E-state index contributed by atoms with van der Waals surface area (Å²) in [6.07, 6.45) is 1.65. The Kier molecular flexibility index (Phi) is 6.48. The Bertz CT molecular complexity index is 1230. The van der Waals surface area contributed by atoms with Gasteiger partial charge >= 0.3 is 0 Å². The summed E-state index contributed by atoms with van der Waals surface area (Å²) >= 11 is 1.42. The lowest BCUT2D eigenvalue weighted by molar-refractivity contribution is -0.118. The number of nitrogens with one attached hydrogen (secondary N) is 1. The molecule has 0 spiro atoms. The molecule has 156 valence electrons. The van der Waals surface area contributed by atoms with Crippen molar-refractivity contribution in [2.75, 3.05) is 5.75 Å². The van der Waals surface area contributed by atoms with Crippen molar-refractivity contribution in [1.82, 2.24) is 15.0 Å². The number of hydrazone groups is 1. The van der Waals surface area contributed by atoms with Crippen LogP contribution in [0.3, 0.4) is 0 Å². The van der Waals surface area contributed by atoms with Gasteiger partial charge in [0.15, 0.2) is 5.16 Å². The molecule has 31 heavy (non-hydrogen) atoms. The number of benzene rings is 3.